The molecule has 21 heavy (non-hydrogen) atoms. The molecule has 0 aliphatic rings. The van der Waals surface area contributed by atoms with Gasteiger partial charge < -0.3 is 15.6 Å². The van der Waals surface area contributed by atoms with Crippen LogP contribution in [0.3, 0.4) is 0 Å². The lowest BCUT2D eigenvalue weighted by Gasteiger charge is -2.09. The molecule has 2 heterocycles. The predicted octanol–water partition coefficient (Wildman–Crippen LogP) is 0.724. The van der Waals surface area contributed by atoms with Crippen LogP contribution in [0.15, 0.2) is 12.5 Å². The second-order valence-corrected chi connectivity index (χ2v) is 4.90. The lowest BCUT2D eigenvalue weighted by molar-refractivity contribution is 0.0945. The van der Waals surface area contributed by atoms with Crippen LogP contribution in [-0.2, 0) is 13.1 Å². The summed E-state index contributed by atoms with van der Waals surface area (Å²) in [6.45, 7) is 6.90. The fourth-order valence-corrected chi connectivity index (χ4v) is 1.79. The van der Waals surface area contributed by atoms with E-state index in [1.165, 1.54) is 6.20 Å². The van der Waals surface area contributed by atoms with E-state index in [-0.39, 0.29) is 29.8 Å². The second kappa shape index (κ2) is 6.29. The molecular formula is C13H19N7O. The van der Waals surface area contributed by atoms with Crippen molar-refractivity contribution in [2.45, 2.75) is 39.8 Å². The summed E-state index contributed by atoms with van der Waals surface area (Å²) in [7, 11) is 0. The van der Waals surface area contributed by atoms with Gasteiger partial charge in [-0.3, -0.25) is 4.79 Å². The Morgan fingerprint density at radius 1 is 1.48 bits per heavy atom. The highest BCUT2D eigenvalue weighted by Crippen LogP contribution is 2.13. The normalized spacial score (nSPS) is 10.9. The van der Waals surface area contributed by atoms with E-state index < -0.39 is 0 Å². The first-order valence-corrected chi connectivity index (χ1v) is 6.80. The number of aryl methyl sites for hydroxylation is 1. The largest absolute Gasteiger partial charge is 0.396 e. The number of nitrogens with one attached hydrogen (secondary N) is 1. The molecule has 0 atom stereocenters. The Kier molecular flexibility index (Phi) is 4.46. The molecule has 8 nitrogen and oxygen atoms in total. The van der Waals surface area contributed by atoms with Gasteiger partial charge in [0.05, 0.1) is 18.4 Å². The van der Waals surface area contributed by atoms with Crippen LogP contribution in [0.5, 0.6) is 0 Å². The number of amides is 1. The monoisotopic (exact) mass is 289 g/mol. The van der Waals surface area contributed by atoms with Gasteiger partial charge in [0, 0.05) is 12.5 Å². The first kappa shape index (κ1) is 14.9. The molecular weight excluding hydrogens is 270 g/mol. The highest BCUT2D eigenvalue weighted by molar-refractivity contribution is 5.96. The van der Waals surface area contributed by atoms with Crippen molar-refractivity contribution in [1.82, 2.24) is 30.0 Å². The van der Waals surface area contributed by atoms with Crippen LogP contribution in [0.25, 0.3) is 0 Å². The van der Waals surface area contributed by atoms with Crippen molar-refractivity contribution in [3.63, 3.8) is 0 Å². The van der Waals surface area contributed by atoms with Crippen LogP contribution in [-0.4, -0.2) is 30.6 Å². The summed E-state index contributed by atoms with van der Waals surface area (Å²) in [6, 6.07) is 0. The molecule has 0 aliphatic heterocycles. The van der Waals surface area contributed by atoms with Gasteiger partial charge >= 0.3 is 0 Å². The molecule has 0 radical (unpaired) electrons. The number of nitrogens with two attached hydrogens (primary N) is 1. The van der Waals surface area contributed by atoms with Crippen molar-refractivity contribution >= 4 is 11.6 Å². The number of nitrogens with zero attached hydrogens (tertiary/aromatic N) is 5. The SMILES string of the molecule is CCn1cnnc1CNC(=O)c1nc(C(C)C)ncc1N. The molecule has 2 rings (SSSR count). The summed E-state index contributed by atoms with van der Waals surface area (Å²) in [6.07, 6.45) is 3.09. The van der Waals surface area contributed by atoms with E-state index in [1.54, 1.807) is 6.33 Å². The molecule has 0 unspecified atom stereocenters. The van der Waals surface area contributed by atoms with Crippen LogP contribution in [0.1, 0.15) is 48.8 Å². The smallest absolute Gasteiger partial charge is 0.272 e. The first-order valence-electron chi connectivity index (χ1n) is 6.80. The fourth-order valence-electron chi connectivity index (χ4n) is 1.79. The van der Waals surface area contributed by atoms with Gasteiger partial charge in [-0.15, -0.1) is 10.2 Å². The van der Waals surface area contributed by atoms with E-state index in [4.69, 9.17) is 5.73 Å². The van der Waals surface area contributed by atoms with Crippen molar-refractivity contribution in [2.24, 2.45) is 0 Å². The second-order valence-electron chi connectivity index (χ2n) is 4.90. The molecule has 0 spiro atoms. The average molecular weight is 289 g/mol. The molecule has 1 amide bonds. The van der Waals surface area contributed by atoms with E-state index in [2.05, 4.69) is 25.5 Å². The third kappa shape index (κ3) is 3.33. The third-order valence-corrected chi connectivity index (χ3v) is 3.01. The maximum absolute atomic E-state index is 12.2. The van der Waals surface area contributed by atoms with Gasteiger partial charge in [-0.25, -0.2) is 9.97 Å². The van der Waals surface area contributed by atoms with Gasteiger partial charge in [0.15, 0.2) is 11.5 Å². The summed E-state index contributed by atoms with van der Waals surface area (Å²) >= 11 is 0. The minimum Gasteiger partial charge on any atom is -0.396 e. The van der Waals surface area contributed by atoms with Crippen molar-refractivity contribution in [1.29, 1.82) is 0 Å². The van der Waals surface area contributed by atoms with Crippen LogP contribution in [0, 0.1) is 0 Å². The Bertz CT molecular complexity index is 635. The van der Waals surface area contributed by atoms with Gasteiger partial charge in [0.1, 0.15) is 12.2 Å². The quantitative estimate of drug-likeness (QED) is 0.839. The lowest BCUT2D eigenvalue weighted by Crippen LogP contribution is -2.27. The molecule has 2 aromatic heterocycles. The van der Waals surface area contributed by atoms with Gasteiger partial charge in [-0.05, 0) is 6.92 Å². The summed E-state index contributed by atoms with van der Waals surface area (Å²) in [5.41, 5.74) is 6.23. The Labute approximate surface area is 122 Å². The summed E-state index contributed by atoms with van der Waals surface area (Å²) in [5.74, 6) is 1.05. The molecule has 0 saturated heterocycles. The summed E-state index contributed by atoms with van der Waals surface area (Å²) in [4.78, 5) is 20.5. The van der Waals surface area contributed by atoms with Crippen molar-refractivity contribution in [2.75, 3.05) is 5.73 Å². The highest BCUT2D eigenvalue weighted by Gasteiger charge is 2.15. The maximum atomic E-state index is 12.2. The number of anilines is 1. The highest BCUT2D eigenvalue weighted by atomic mass is 16.1. The van der Waals surface area contributed by atoms with Gasteiger partial charge in [0.2, 0.25) is 0 Å². The molecule has 0 fully saturated rings. The van der Waals surface area contributed by atoms with Crippen molar-refractivity contribution < 1.29 is 4.79 Å². The van der Waals surface area contributed by atoms with E-state index in [0.29, 0.717) is 11.6 Å². The van der Waals surface area contributed by atoms with Gasteiger partial charge in [-0.2, -0.15) is 0 Å². The van der Waals surface area contributed by atoms with Crippen LogP contribution in [0.4, 0.5) is 5.69 Å². The topological polar surface area (TPSA) is 112 Å². The molecule has 0 aromatic carbocycles. The minimum atomic E-state index is -0.345. The zero-order valence-electron chi connectivity index (χ0n) is 12.4. The van der Waals surface area contributed by atoms with Gasteiger partial charge in [-0.1, -0.05) is 13.8 Å². The molecule has 3 N–H and O–H groups in total. The number of nitrogen functional groups attached to an aromatic ring is 1. The van der Waals surface area contributed by atoms with E-state index in [1.807, 2.05) is 25.3 Å². The Hall–Kier alpha value is -2.51. The number of carbonyl (C=O) groups excluding carboxylic acids is 1. The van der Waals surface area contributed by atoms with Gasteiger partial charge in [0.25, 0.3) is 5.91 Å². The Morgan fingerprint density at radius 2 is 2.24 bits per heavy atom. The van der Waals surface area contributed by atoms with E-state index in [0.717, 1.165) is 6.54 Å². The summed E-state index contributed by atoms with van der Waals surface area (Å²) < 4.78 is 1.85. The number of aromatic nitrogens is 5. The fraction of sp³-hybridized carbons (Fsp3) is 0.462. The number of rotatable bonds is 5. The van der Waals surface area contributed by atoms with Crippen LogP contribution in [0.2, 0.25) is 0 Å². The zero-order valence-corrected chi connectivity index (χ0v) is 12.4. The molecule has 8 heteroatoms. The molecule has 0 aliphatic carbocycles. The zero-order chi connectivity index (χ0) is 15.4. The summed E-state index contributed by atoms with van der Waals surface area (Å²) in [5, 5.41) is 10.5. The molecule has 0 saturated carbocycles. The minimum absolute atomic E-state index is 0.125. The molecule has 112 valence electrons. The van der Waals surface area contributed by atoms with Crippen molar-refractivity contribution in [3.8, 4) is 0 Å². The average Bonchev–Trinajstić information content (AvgIpc) is 2.92. The van der Waals surface area contributed by atoms with E-state index in [9.17, 15) is 4.79 Å². The molecule has 2 aromatic rings. The maximum Gasteiger partial charge on any atom is 0.272 e. The van der Waals surface area contributed by atoms with E-state index >= 15 is 0 Å². The predicted molar refractivity (Wildman–Crippen MR) is 77.4 cm³/mol. The Balaban J connectivity index is 2.11. The Morgan fingerprint density at radius 3 is 2.90 bits per heavy atom. The first-order chi connectivity index (χ1) is 10.0. The lowest BCUT2D eigenvalue weighted by atomic mass is 10.2. The standard InChI is InChI=1S/C13H19N7O/c1-4-20-7-17-19-10(20)6-16-13(21)11-9(14)5-15-12(18-11)8(2)3/h5,7-8H,4,6,14H2,1-3H3,(H,16,21). The number of carbonyl (C=O) groups is 1. The third-order valence-electron chi connectivity index (χ3n) is 3.01. The van der Waals surface area contributed by atoms with Crippen LogP contribution < -0.4 is 11.1 Å². The number of hydrogen-bond acceptors (Lipinski definition) is 6. The van der Waals surface area contributed by atoms with Crippen molar-refractivity contribution in [3.05, 3.63) is 29.9 Å². The van der Waals surface area contributed by atoms with Crippen LogP contribution >= 0.6 is 0 Å². The number of hydrogen-bond donors (Lipinski definition) is 2. The molecule has 0 bridgehead atoms.